The van der Waals surface area contributed by atoms with Gasteiger partial charge in [-0.15, -0.1) is 0 Å². The van der Waals surface area contributed by atoms with E-state index in [1.54, 1.807) is 56.6 Å². The predicted molar refractivity (Wildman–Crippen MR) is 216 cm³/mol. The number of thioether (sulfide) groups is 1. The van der Waals surface area contributed by atoms with Gasteiger partial charge in [-0.05, 0) is 19.9 Å². The average Bonchev–Trinajstić information content (AvgIpc) is 3.46. The first-order valence-corrected chi connectivity index (χ1v) is 20.4. The van der Waals surface area contributed by atoms with Crippen LogP contribution in [0.25, 0.3) is 0 Å². The Morgan fingerprint density at radius 3 is 2.29 bits per heavy atom. The maximum Gasteiger partial charge on any atom is 0.312 e. The minimum atomic E-state index is -2.09. The number of carbonyl (C=O) groups is 5. The lowest BCUT2D eigenvalue weighted by Crippen LogP contribution is -2.46. The standard InChI is InChI=1S/C42H53N3O12S/c1-20-11-10-12-21(2)41(53)44-32-27(19-43-45-14-17-58-18-15-45)36(50)29-30(37(32)51)35(49)25(6)39-31(29)40(52)42(8,57-39)55-16-13-28(54-9)22(3)38(56-26(7)46)24(5)34(48)23(4)33(20)47/h10-13,16,19-20,22-24,28,33-34,38,47-49H,14-15,17-18H2,1-9H3,(H,44,53)/b11-10+,16-13+,21-12-,43-19+/t20-,22+,23+,24+,28-,33-,34+,38+,42-/m0/s1. The second-order valence-corrected chi connectivity index (χ2v) is 16.6. The molecule has 1 aliphatic carbocycles. The molecule has 0 unspecified atom stereocenters. The summed E-state index contributed by atoms with van der Waals surface area (Å²) < 4.78 is 23.5. The van der Waals surface area contributed by atoms with Crippen LogP contribution in [0.3, 0.4) is 0 Å². The van der Waals surface area contributed by atoms with Crippen LogP contribution in [0.4, 0.5) is 0 Å². The van der Waals surface area contributed by atoms with Gasteiger partial charge >= 0.3 is 11.8 Å². The molecular weight excluding hydrogens is 771 g/mol. The molecule has 5 aliphatic rings. The number of Topliss-reactive ketones (excluding diaryl/α,β-unsaturated/α-hetero) is 3. The SMILES string of the molecule is CO[C@H]1/C=C/O[C@@]2(C)Oc3c(C)c(O)c4c(c3C2=O)C(=O)C(/C=N/N2CCSCC2)=C(NC(=O)/C(C)=C\C=C\[C@H](C)[C@H](O)[C@@H](C)[C@@H](O)[C@@H](C)[C@H](OC(C)=O)[C@@H]1C)C4=O. The Hall–Kier alpha value is -4.77. The second kappa shape index (κ2) is 18.0. The fourth-order valence-electron chi connectivity index (χ4n) is 7.65. The molecule has 58 heavy (non-hydrogen) atoms. The molecule has 0 aromatic heterocycles. The molecule has 5 bridgehead atoms. The van der Waals surface area contributed by atoms with Gasteiger partial charge in [0.15, 0.2) is 5.78 Å². The van der Waals surface area contributed by atoms with Crippen molar-refractivity contribution in [3.8, 4) is 11.5 Å². The number of rotatable bonds is 4. The highest BCUT2D eigenvalue weighted by molar-refractivity contribution is 7.99. The van der Waals surface area contributed by atoms with Crippen LogP contribution in [0.5, 0.6) is 11.5 Å². The number of hydrazone groups is 1. The summed E-state index contributed by atoms with van der Waals surface area (Å²) in [7, 11) is 1.42. The molecule has 0 saturated carbocycles. The molecule has 1 aromatic rings. The van der Waals surface area contributed by atoms with Crippen molar-refractivity contribution >= 4 is 47.2 Å². The Balaban J connectivity index is 1.66. The highest BCUT2D eigenvalue weighted by Gasteiger charge is 2.52. The van der Waals surface area contributed by atoms with Crippen LogP contribution in [0, 0.1) is 30.6 Å². The minimum Gasteiger partial charge on any atom is -0.507 e. The molecule has 1 aromatic carbocycles. The van der Waals surface area contributed by atoms with E-state index >= 15 is 0 Å². The first-order chi connectivity index (χ1) is 27.3. The maximum absolute atomic E-state index is 14.6. The lowest BCUT2D eigenvalue weighted by molar-refractivity contribution is -0.160. The highest BCUT2D eigenvalue weighted by Crippen LogP contribution is 2.48. The Morgan fingerprint density at radius 2 is 1.66 bits per heavy atom. The molecule has 15 nitrogen and oxygen atoms in total. The molecule has 4 heterocycles. The van der Waals surface area contributed by atoms with Gasteiger partial charge in [-0.2, -0.15) is 16.9 Å². The fraction of sp³-hybridized carbons (Fsp3) is 0.524. The average molecular weight is 824 g/mol. The number of phenolic OH excluding ortho intramolecular Hbond substituents is 1. The Morgan fingerprint density at radius 1 is 0.983 bits per heavy atom. The number of ether oxygens (including phenoxy) is 4. The van der Waals surface area contributed by atoms with Crippen LogP contribution < -0.4 is 10.1 Å². The van der Waals surface area contributed by atoms with Crippen molar-refractivity contribution in [2.24, 2.45) is 28.8 Å². The van der Waals surface area contributed by atoms with Gasteiger partial charge < -0.3 is 39.6 Å². The minimum absolute atomic E-state index is 0.00871. The third-order valence-corrected chi connectivity index (χ3v) is 12.3. The Bertz CT molecular complexity index is 2000. The normalized spacial score (nSPS) is 33.3. The summed E-state index contributed by atoms with van der Waals surface area (Å²) in [5.41, 5.74) is -1.78. The number of nitrogens with one attached hydrogen (secondary N) is 1. The lowest BCUT2D eigenvalue weighted by atomic mass is 9.78. The van der Waals surface area contributed by atoms with Gasteiger partial charge in [0.25, 0.3) is 11.7 Å². The number of phenols is 1. The van der Waals surface area contributed by atoms with E-state index in [0.29, 0.717) is 13.1 Å². The monoisotopic (exact) mass is 823 g/mol. The van der Waals surface area contributed by atoms with Crippen molar-refractivity contribution < 1.29 is 58.2 Å². The first-order valence-electron chi connectivity index (χ1n) is 19.2. The molecule has 16 heteroatoms. The molecule has 4 N–H and O–H groups in total. The van der Waals surface area contributed by atoms with Crippen LogP contribution in [-0.4, -0.2) is 118 Å². The van der Waals surface area contributed by atoms with Crippen molar-refractivity contribution in [3.63, 3.8) is 0 Å². The third kappa shape index (κ3) is 8.65. The Kier molecular flexibility index (Phi) is 13.8. The summed E-state index contributed by atoms with van der Waals surface area (Å²) >= 11 is 1.74. The molecule has 1 fully saturated rings. The summed E-state index contributed by atoms with van der Waals surface area (Å²) in [6.07, 6.45) is 4.58. The molecule has 1 saturated heterocycles. The molecule has 4 aliphatic heterocycles. The van der Waals surface area contributed by atoms with Crippen LogP contribution in [0.15, 0.2) is 52.5 Å². The highest BCUT2D eigenvalue weighted by atomic mass is 32.2. The Labute approximate surface area is 342 Å². The third-order valence-electron chi connectivity index (χ3n) is 11.3. The van der Waals surface area contributed by atoms with Gasteiger partial charge in [0.05, 0.1) is 53.1 Å². The maximum atomic E-state index is 14.6. The van der Waals surface area contributed by atoms with E-state index in [4.69, 9.17) is 18.9 Å². The van der Waals surface area contributed by atoms with Gasteiger partial charge in [-0.25, -0.2) is 0 Å². The number of hydrogen-bond donors (Lipinski definition) is 4. The molecule has 0 spiro atoms. The summed E-state index contributed by atoms with van der Waals surface area (Å²) in [5, 5.41) is 43.1. The number of ketones is 3. The number of allylic oxidation sites excluding steroid dienone is 4. The van der Waals surface area contributed by atoms with E-state index in [1.807, 2.05) is 0 Å². The van der Waals surface area contributed by atoms with Crippen LogP contribution in [0.1, 0.15) is 85.1 Å². The van der Waals surface area contributed by atoms with E-state index in [-0.39, 0.29) is 28.0 Å². The van der Waals surface area contributed by atoms with Gasteiger partial charge in [0, 0.05) is 80.4 Å². The fourth-order valence-corrected chi connectivity index (χ4v) is 8.53. The van der Waals surface area contributed by atoms with E-state index in [9.17, 15) is 39.3 Å². The zero-order valence-electron chi connectivity index (χ0n) is 34.2. The molecule has 1 amide bonds. The summed E-state index contributed by atoms with van der Waals surface area (Å²) in [4.78, 5) is 69.3. The number of benzene rings is 1. The van der Waals surface area contributed by atoms with E-state index in [0.717, 1.165) is 11.5 Å². The zero-order chi connectivity index (χ0) is 42.8. The summed E-state index contributed by atoms with van der Waals surface area (Å²) in [6, 6.07) is 0. The van der Waals surface area contributed by atoms with Crippen LogP contribution in [0.2, 0.25) is 0 Å². The van der Waals surface area contributed by atoms with Crippen molar-refractivity contribution in [2.45, 2.75) is 85.6 Å². The van der Waals surface area contributed by atoms with Crippen molar-refractivity contribution in [1.82, 2.24) is 10.3 Å². The molecule has 9 atom stereocenters. The number of nitrogens with zero attached hydrogens (tertiary/aromatic N) is 2. The van der Waals surface area contributed by atoms with Gasteiger partial charge in [-0.1, -0.05) is 45.9 Å². The smallest absolute Gasteiger partial charge is 0.312 e. The zero-order valence-corrected chi connectivity index (χ0v) is 35.0. The topological polar surface area (TPSA) is 211 Å². The van der Waals surface area contributed by atoms with E-state index in [1.165, 1.54) is 59.4 Å². The number of fused-ring (bicyclic) bond motifs is 14. The number of aliphatic hydroxyl groups excluding tert-OH is 2. The molecule has 314 valence electrons. The largest absolute Gasteiger partial charge is 0.507 e. The number of aliphatic hydroxyl groups is 2. The number of esters is 1. The molecule has 0 radical (unpaired) electrons. The second-order valence-electron chi connectivity index (χ2n) is 15.4. The van der Waals surface area contributed by atoms with E-state index in [2.05, 4.69) is 10.4 Å². The summed E-state index contributed by atoms with van der Waals surface area (Å²) in [6.45, 7) is 13.5. The van der Waals surface area contributed by atoms with Crippen LogP contribution in [-0.2, 0) is 23.8 Å². The molecule has 6 rings (SSSR count). The summed E-state index contributed by atoms with van der Waals surface area (Å²) in [5.74, 6) is -7.72. The number of aromatic hydroxyl groups is 1. The number of carbonyl (C=O) groups excluding carboxylic acids is 5. The van der Waals surface area contributed by atoms with Gasteiger partial charge in [0.2, 0.25) is 5.78 Å². The quantitative estimate of drug-likeness (QED) is 0.250. The predicted octanol–water partition coefficient (Wildman–Crippen LogP) is 4.04. The van der Waals surface area contributed by atoms with E-state index < -0.39 is 106 Å². The molecular formula is C42H53N3O12S. The van der Waals surface area contributed by atoms with Gasteiger partial charge in [0.1, 0.15) is 23.3 Å². The van der Waals surface area contributed by atoms with Crippen molar-refractivity contribution in [1.29, 1.82) is 0 Å². The number of hydrogen-bond acceptors (Lipinski definition) is 15. The van der Waals surface area contributed by atoms with Crippen molar-refractivity contribution in [2.75, 3.05) is 31.7 Å². The van der Waals surface area contributed by atoms with Crippen molar-refractivity contribution in [3.05, 3.63) is 69.7 Å². The van der Waals surface area contributed by atoms with Crippen LogP contribution >= 0.6 is 11.8 Å². The van der Waals surface area contributed by atoms with Gasteiger partial charge in [-0.3, -0.25) is 29.0 Å². The lowest BCUT2D eigenvalue weighted by Gasteiger charge is -2.38. The first kappa shape index (κ1) is 44.3. The number of methoxy groups -OCH3 is 1. The number of amides is 1.